The summed E-state index contributed by atoms with van der Waals surface area (Å²) >= 11 is 0. The van der Waals surface area contributed by atoms with Crippen molar-refractivity contribution < 1.29 is 14.4 Å². The van der Waals surface area contributed by atoms with Crippen LogP contribution in [0, 0.1) is 40.9 Å². The molecule has 3 aliphatic rings. The summed E-state index contributed by atoms with van der Waals surface area (Å²) in [5, 5.41) is 0. The van der Waals surface area contributed by atoms with Gasteiger partial charge in [-0.15, -0.1) is 6.58 Å². The van der Waals surface area contributed by atoms with Crippen molar-refractivity contribution in [1.29, 1.82) is 0 Å². The third kappa shape index (κ3) is 4.94. The number of rotatable bonds is 13. The van der Waals surface area contributed by atoms with Gasteiger partial charge < -0.3 is 5.73 Å². The third-order valence-electron chi connectivity index (χ3n) is 9.63. The molecule has 0 amide bonds. The number of carbonyl (C=O) groups is 3. The van der Waals surface area contributed by atoms with E-state index in [1.807, 2.05) is 12.1 Å². The van der Waals surface area contributed by atoms with Crippen LogP contribution in [0.25, 0.3) is 0 Å². The van der Waals surface area contributed by atoms with Crippen LogP contribution < -0.4 is 5.73 Å². The molecule has 0 aromatic heterocycles. The van der Waals surface area contributed by atoms with Crippen LogP contribution in [-0.2, 0) is 27.2 Å². The lowest BCUT2D eigenvalue weighted by Gasteiger charge is -2.30. The largest absolute Gasteiger partial charge is 0.321 e. The Kier molecular flexibility index (Phi) is 7.85. The average molecular weight is 490 g/mol. The number of fused-ring (bicyclic) bond motifs is 2. The lowest BCUT2D eigenvalue weighted by Crippen LogP contribution is -2.45. The Labute approximate surface area is 216 Å². The Morgan fingerprint density at radius 2 is 1.81 bits per heavy atom. The van der Waals surface area contributed by atoms with Crippen LogP contribution in [0.2, 0.25) is 0 Å². The van der Waals surface area contributed by atoms with Crippen LogP contribution in [0.5, 0.6) is 0 Å². The van der Waals surface area contributed by atoms with Crippen LogP contribution >= 0.6 is 0 Å². The van der Waals surface area contributed by atoms with Gasteiger partial charge in [0, 0.05) is 24.7 Å². The molecule has 3 aliphatic carbocycles. The summed E-state index contributed by atoms with van der Waals surface area (Å²) in [5.41, 5.74) is 9.84. The quantitative estimate of drug-likeness (QED) is 0.286. The first-order valence-corrected chi connectivity index (χ1v) is 13.8. The predicted molar refractivity (Wildman–Crippen MR) is 144 cm³/mol. The minimum atomic E-state index is -0.541. The van der Waals surface area contributed by atoms with E-state index in [1.165, 1.54) is 11.1 Å². The topological polar surface area (TPSA) is 77.2 Å². The second-order valence-electron chi connectivity index (χ2n) is 12.1. The fourth-order valence-electron chi connectivity index (χ4n) is 7.41. The molecule has 194 valence electrons. The molecule has 4 rings (SSSR count). The fraction of sp³-hybridized carbons (Fsp3) is 0.594. The van der Waals surface area contributed by atoms with E-state index < -0.39 is 6.04 Å². The van der Waals surface area contributed by atoms with Gasteiger partial charge in [-0.1, -0.05) is 64.1 Å². The van der Waals surface area contributed by atoms with Crippen LogP contribution in [0.4, 0.5) is 0 Å². The van der Waals surface area contributed by atoms with Gasteiger partial charge in [0.2, 0.25) is 0 Å². The molecule has 0 radical (unpaired) electrons. The van der Waals surface area contributed by atoms with Crippen molar-refractivity contribution in [3.63, 3.8) is 0 Å². The number of Topliss-reactive ketones (excluding diaryl/α,β-unsaturated/α-hetero) is 3. The Hall–Kier alpha value is -2.33. The van der Waals surface area contributed by atoms with Gasteiger partial charge in [0.15, 0.2) is 11.6 Å². The van der Waals surface area contributed by atoms with E-state index in [1.54, 1.807) is 6.08 Å². The number of allylic oxidation sites excluding steroid dienone is 2. The zero-order valence-corrected chi connectivity index (χ0v) is 22.3. The highest BCUT2D eigenvalue weighted by atomic mass is 16.1. The van der Waals surface area contributed by atoms with E-state index in [2.05, 4.69) is 46.1 Å². The Bertz CT molecular complexity index is 1030. The van der Waals surface area contributed by atoms with E-state index in [-0.39, 0.29) is 52.4 Å². The van der Waals surface area contributed by atoms with Crippen LogP contribution in [-0.4, -0.2) is 23.4 Å². The maximum Gasteiger partial charge on any atom is 0.158 e. The predicted octanol–water partition coefficient (Wildman–Crippen LogP) is 5.67. The summed E-state index contributed by atoms with van der Waals surface area (Å²) in [6.45, 7) is 14.3. The first-order chi connectivity index (χ1) is 17.1. The maximum atomic E-state index is 13.9. The molecular weight excluding hydrogens is 446 g/mol. The molecule has 2 N–H and O–H groups in total. The molecule has 6 atom stereocenters. The molecule has 0 saturated heterocycles. The number of benzene rings is 1. The molecule has 2 fully saturated rings. The molecule has 0 spiro atoms. The van der Waals surface area contributed by atoms with Crippen molar-refractivity contribution in [2.75, 3.05) is 0 Å². The molecule has 0 heterocycles. The zero-order valence-electron chi connectivity index (χ0n) is 22.3. The van der Waals surface area contributed by atoms with Crippen molar-refractivity contribution in [1.82, 2.24) is 0 Å². The van der Waals surface area contributed by atoms with Crippen molar-refractivity contribution >= 4 is 17.3 Å². The van der Waals surface area contributed by atoms with Crippen molar-refractivity contribution in [3.05, 3.63) is 60.2 Å². The Balaban J connectivity index is 1.48. The monoisotopic (exact) mass is 489 g/mol. The number of hydrogen-bond donors (Lipinski definition) is 1. The first-order valence-electron chi connectivity index (χ1n) is 13.8. The Morgan fingerprint density at radius 3 is 2.39 bits per heavy atom. The number of ketones is 3. The fourth-order valence-corrected chi connectivity index (χ4v) is 7.41. The van der Waals surface area contributed by atoms with Gasteiger partial charge in [0.05, 0.1) is 6.04 Å². The Morgan fingerprint density at radius 1 is 1.17 bits per heavy atom. The highest BCUT2D eigenvalue weighted by Crippen LogP contribution is 2.71. The van der Waals surface area contributed by atoms with E-state index in [0.717, 1.165) is 32.1 Å². The summed E-state index contributed by atoms with van der Waals surface area (Å²) in [5.74, 6) is 0.211. The standard InChI is InChI=1S/C32H43NO3/c1-6-8-14-26(34)19(3)20(11-7-2)17-27(35)28-24(18-25-29(28)32(25,4)5)31(36)30(33)23-15-21-12-9-10-13-22(21)16-23/h6,9-10,12-13,20,23-25,28-30H,1,3,7-8,11,14-18,33H2,2,4-5H3. The number of hydrogen-bond acceptors (Lipinski definition) is 4. The average Bonchev–Trinajstić information content (AvgIpc) is 3.25. The highest BCUT2D eigenvalue weighted by Gasteiger charge is 2.69. The van der Waals surface area contributed by atoms with E-state index >= 15 is 0 Å². The van der Waals surface area contributed by atoms with Crippen molar-refractivity contribution in [2.24, 2.45) is 46.7 Å². The molecular formula is C32H43NO3. The minimum Gasteiger partial charge on any atom is -0.321 e. The molecule has 4 heteroatoms. The molecule has 1 aromatic rings. The normalized spacial score (nSPS) is 27.6. The van der Waals surface area contributed by atoms with Crippen LogP contribution in [0.3, 0.4) is 0 Å². The van der Waals surface area contributed by atoms with Crippen LogP contribution in [0.15, 0.2) is 49.1 Å². The minimum absolute atomic E-state index is 0.0210. The maximum absolute atomic E-state index is 13.9. The molecule has 0 bridgehead atoms. The van der Waals surface area contributed by atoms with Gasteiger partial charge >= 0.3 is 0 Å². The van der Waals surface area contributed by atoms with Gasteiger partial charge in [-0.2, -0.15) is 0 Å². The SMILES string of the molecule is C=CCCC(=O)C(=C)C(CCC)CC(=O)C1C(C(=O)C(N)C2Cc3ccccc3C2)CC2C1C2(C)C. The lowest BCUT2D eigenvalue weighted by molar-refractivity contribution is -0.134. The van der Waals surface area contributed by atoms with E-state index in [4.69, 9.17) is 5.73 Å². The number of carbonyl (C=O) groups excluding carboxylic acids is 3. The zero-order chi connectivity index (χ0) is 26.2. The van der Waals surface area contributed by atoms with Gasteiger partial charge in [0.25, 0.3) is 0 Å². The van der Waals surface area contributed by atoms with Gasteiger partial charge in [-0.05, 0) is 77.9 Å². The van der Waals surface area contributed by atoms with Crippen LogP contribution in [0.1, 0.15) is 70.4 Å². The van der Waals surface area contributed by atoms with Gasteiger partial charge in [-0.3, -0.25) is 14.4 Å². The van der Waals surface area contributed by atoms with Gasteiger partial charge in [-0.25, -0.2) is 0 Å². The van der Waals surface area contributed by atoms with Crippen molar-refractivity contribution in [3.8, 4) is 0 Å². The van der Waals surface area contributed by atoms with E-state index in [0.29, 0.717) is 30.8 Å². The lowest BCUT2D eigenvalue weighted by atomic mass is 9.73. The van der Waals surface area contributed by atoms with Gasteiger partial charge in [0.1, 0.15) is 5.78 Å². The first kappa shape index (κ1) is 26.7. The second-order valence-corrected chi connectivity index (χ2v) is 12.1. The molecule has 36 heavy (non-hydrogen) atoms. The smallest absolute Gasteiger partial charge is 0.158 e. The molecule has 0 aliphatic heterocycles. The third-order valence-corrected chi connectivity index (χ3v) is 9.63. The summed E-state index contributed by atoms with van der Waals surface area (Å²) < 4.78 is 0. The van der Waals surface area contributed by atoms with E-state index in [9.17, 15) is 14.4 Å². The van der Waals surface area contributed by atoms with Crippen molar-refractivity contribution in [2.45, 2.75) is 78.2 Å². The molecule has 6 unspecified atom stereocenters. The number of nitrogens with two attached hydrogens (primary N) is 1. The molecule has 4 nitrogen and oxygen atoms in total. The second kappa shape index (κ2) is 10.6. The summed E-state index contributed by atoms with van der Waals surface area (Å²) in [4.78, 5) is 40.3. The highest BCUT2D eigenvalue weighted by molar-refractivity contribution is 5.97. The summed E-state index contributed by atoms with van der Waals surface area (Å²) in [6.07, 6.45) is 7.10. The summed E-state index contributed by atoms with van der Waals surface area (Å²) in [6, 6.07) is 7.80. The molecule has 1 aromatic carbocycles. The molecule has 2 saturated carbocycles. The summed E-state index contributed by atoms with van der Waals surface area (Å²) in [7, 11) is 0.